The number of halogens is 1. The van der Waals surface area contributed by atoms with E-state index in [4.69, 9.17) is 14.5 Å². The minimum Gasteiger partial charge on any atom is -0.496 e. The van der Waals surface area contributed by atoms with Crippen LogP contribution in [0.2, 0.25) is 0 Å². The molecule has 0 radical (unpaired) electrons. The van der Waals surface area contributed by atoms with Crippen LogP contribution in [0.4, 0.5) is 0 Å². The van der Waals surface area contributed by atoms with Crippen molar-refractivity contribution in [1.29, 1.82) is 0 Å². The van der Waals surface area contributed by atoms with Crippen LogP contribution < -0.4 is 24.4 Å². The Morgan fingerprint density at radius 3 is 2.58 bits per heavy atom. The van der Waals surface area contributed by atoms with Gasteiger partial charge in [-0.3, -0.25) is 9.36 Å². The summed E-state index contributed by atoms with van der Waals surface area (Å²) >= 11 is 3.69. The molecule has 7 heteroatoms. The number of benzene rings is 3. The van der Waals surface area contributed by atoms with Crippen molar-refractivity contribution in [2.75, 3.05) is 14.2 Å². The van der Waals surface area contributed by atoms with Crippen LogP contribution in [0.15, 0.2) is 82.1 Å². The fraction of sp³-hybridized carbons (Fsp3) is 0.172. The molecule has 6 rings (SSSR count). The SMILES string of the molecule is COc1ccc(/C=c2\sc3n(c2=O)[C@H](c2ccccc2OC)C2=C(N=3)c3ccccc3CC2)cc1I. The largest absolute Gasteiger partial charge is 0.496 e. The Balaban J connectivity index is 1.62. The molecule has 1 aliphatic heterocycles. The van der Waals surface area contributed by atoms with Gasteiger partial charge in [-0.05, 0) is 76.4 Å². The first-order chi connectivity index (χ1) is 17.6. The second kappa shape index (κ2) is 9.37. The first-order valence-electron chi connectivity index (χ1n) is 11.7. The van der Waals surface area contributed by atoms with E-state index in [1.54, 1.807) is 14.2 Å². The van der Waals surface area contributed by atoms with Gasteiger partial charge in [0, 0.05) is 11.1 Å². The van der Waals surface area contributed by atoms with E-state index in [0.717, 1.165) is 55.9 Å². The highest BCUT2D eigenvalue weighted by atomic mass is 127. The van der Waals surface area contributed by atoms with Gasteiger partial charge in [-0.15, -0.1) is 0 Å². The van der Waals surface area contributed by atoms with Crippen molar-refractivity contribution < 1.29 is 9.47 Å². The summed E-state index contributed by atoms with van der Waals surface area (Å²) in [5.74, 6) is 1.59. The molecule has 2 heterocycles. The molecule has 0 saturated heterocycles. The van der Waals surface area contributed by atoms with Crippen LogP contribution in [0.1, 0.15) is 34.7 Å². The number of hydrogen-bond donors (Lipinski definition) is 0. The molecule has 0 amide bonds. The molecule has 0 N–H and O–H groups in total. The van der Waals surface area contributed by atoms with E-state index in [0.29, 0.717) is 9.33 Å². The lowest BCUT2D eigenvalue weighted by molar-refractivity contribution is 0.402. The number of rotatable bonds is 4. The van der Waals surface area contributed by atoms with Crippen LogP contribution in [-0.4, -0.2) is 18.8 Å². The lowest BCUT2D eigenvalue weighted by Crippen LogP contribution is -2.39. The molecule has 1 aromatic heterocycles. The average Bonchev–Trinajstić information content (AvgIpc) is 3.21. The predicted octanol–water partition coefficient (Wildman–Crippen LogP) is 4.94. The van der Waals surface area contributed by atoms with Crippen molar-refractivity contribution in [3.05, 3.63) is 118 Å². The Kier molecular flexibility index (Phi) is 6.05. The zero-order chi connectivity index (χ0) is 24.8. The number of aryl methyl sites for hydroxylation is 1. The van der Waals surface area contributed by atoms with Crippen molar-refractivity contribution >= 4 is 45.7 Å². The molecule has 4 aromatic rings. The molecule has 0 saturated carbocycles. The molecule has 1 aliphatic carbocycles. The summed E-state index contributed by atoms with van der Waals surface area (Å²) in [6, 6.07) is 22.1. The number of nitrogens with zero attached hydrogens (tertiary/aromatic N) is 2. The number of ether oxygens (including phenoxy) is 2. The Morgan fingerprint density at radius 1 is 1.00 bits per heavy atom. The zero-order valence-corrected chi connectivity index (χ0v) is 22.8. The van der Waals surface area contributed by atoms with Crippen molar-refractivity contribution in [1.82, 2.24) is 4.57 Å². The van der Waals surface area contributed by atoms with Crippen molar-refractivity contribution in [2.45, 2.75) is 18.9 Å². The lowest BCUT2D eigenvalue weighted by Gasteiger charge is -2.31. The van der Waals surface area contributed by atoms with E-state index < -0.39 is 0 Å². The maximum atomic E-state index is 13.9. The third kappa shape index (κ3) is 3.81. The fourth-order valence-electron chi connectivity index (χ4n) is 5.12. The zero-order valence-electron chi connectivity index (χ0n) is 19.8. The summed E-state index contributed by atoms with van der Waals surface area (Å²) in [6.07, 6.45) is 3.71. The molecule has 0 bridgehead atoms. The van der Waals surface area contributed by atoms with E-state index in [2.05, 4.69) is 52.9 Å². The quantitative estimate of drug-likeness (QED) is 0.310. The molecule has 0 unspecified atom stereocenters. The summed E-state index contributed by atoms with van der Waals surface area (Å²) in [7, 11) is 3.34. The van der Waals surface area contributed by atoms with Gasteiger partial charge >= 0.3 is 0 Å². The van der Waals surface area contributed by atoms with Crippen molar-refractivity contribution in [3.8, 4) is 11.5 Å². The summed E-state index contributed by atoms with van der Waals surface area (Å²) in [5, 5.41) is 0. The maximum Gasteiger partial charge on any atom is 0.271 e. The van der Waals surface area contributed by atoms with Crippen LogP contribution in [-0.2, 0) is 6.42 Å². The molecule has 5 nitrogen and oxygen atoms in total. The topological polar surface area (TPSA) is 52.8 Å². The molecular weight excluding hydrogens is 583 g/mol. The van der Waals surface area contributed by atoms with Gasteiger partial charge in [0.1, 0.15) is 11.5 Å². The van der Waals surface area contributed by atoms with E-state index in [9.17, 15) is 4.79 Å². The van der Waals surface area contributed by atoms with E-state index in [1.807, 2.05) is 47.0 Å². The summed E-state index contributed by atoms with van der Waals surface area (Å²) in [6.45, 7) is 0. The van der Waals surface area contributed by atoms with Gasteiger partial charge in [-0.1, -0.05) is 59.9 Å². The van der Waals surface area contributed by atoms with Crippen LogP contribution in [0.3, 0.4) is 0 Å². The Morgan fingerprint density at radius 2 is 1.78 bits per heavy atom. The third-order valence-electron chi connectivity index (χ3n) is 6.78. The number of thiazole rings is 1. The van der Waals surface area contributed by atoms with Crippen molar-refractivity contribution in [2.24, 2.45) is 4.99 Å². The van der Waals surface area contributed by atoms with Gasteiger partial charge in [-0.2, -0.15) is 0 Å². The number of fused-ring (bicyclic) bond motifs is 3. The molecule has 2 aliphatic rings. The highest BCUT2D eigenvalue weighted by Crippen LogP contribution is 2.43. The first-order valence-corrected chi connectivity index (χ1v) is 13.6. The molecule has 0 fully saturated rings. The van der Waals surface area contributed by atoms with Crippen LogP contribution in [0.5, 0.6) is 11.5 Å². The molecule has 180 valence electrons. The monoisotopic (exact) mass is 606 g/mol. The molecule has 1 atom stereocenters. The maximum absolute atomic E-state index is 13.9. The van der Waals surface area contributed by atoms with Crippen LogP contribution >= 0.6 is 33.9 Å². The number of aromatic nitrogens is 1. The normalized spacial score (nSPS) is 16.6. The highest BCUT2D eigenvalue weighted by Gasteiger charge is 2.33. The summed E-state index contributed by atoms with van der Waals surface area (Å²) in [4.78, 5) is 19.7. The van der Waals surface area contributed by atoms with E-state index in [1.165, 1.54) is 16.9 Å². The van der Waals surface area contributed by atoms with Gasteiger partial charge < -0.3 is 9.47 Å². The number of para-hydroxylation sites is 1. The highest BCUT2D eigenvalue weighted by molar-refractivity contribution is 14.1. The van der Waals surface area contributed by atoms with Gasteiger partial charge in [0.05, 0.1) is 34.1 Å². The van der Waals surface area contributed by atoms with Gasteiger partial charge in [0.2, 0.25) is 0 Å². The van der Waals surface area contributed by atoms with Gasteiger partial charge in [0.25, 0.3) is 5.56 Å². The second-order valence-corrected chi connectivity index (χ2v) is 10.9. The number of methoxy groups -OCH3 is 2. The minimum atomic E-state index is -0.265. The first kappa shape index (κ1) is 23.2. The lowest BCUT2D eigenvalue weighted by atomic mass is 9.83. The Hall–Kier alpha value is -3.17. The standard InChI is InChI=1S/C29H23IN2O3S/c1-34-23-10-6-5-9-20(23)27-21-13-12-18-7-3-4-8-19(18)26(21)31-29-32(27)28(33)25(36-29)16-17-11-14-24(35-2)22(30)15-17/h3-11,14-16,27H,12-13H2,1-2H3/b25-16-/t27-/m1/s1. The van der Waals surface area contributed by atoms with Crippen LogP contribution in [0, 0.1) is 3.57 Å². The third-order valence-corrected chi connectivity index (χ3v) is 8.61. The second-order valence-electron chi connectivity index (χ2n) is 8.75. The number of allylic oxidation sites excluding steroid dienone is 1. The summed E-state index contributed by atoms with van der Waals surface area (Å²) < 4.78 is 14.7. The Labute approximate surface area is 226 Å². The average molecular weight is 606 g/mol. The van der Waals surface area contributed by atoms with Crippen molar-refractivity contribution in [3.63, 3.8) is 0 Å². The van der Waals surface area contributed by atoms with E-state index in [-0.39, 0.29) is 11.6 Å². The molecule has 36 heavy (non-hydrogen) atoms. The molecular formula is C29H23IN2O3S. The van der Waals surface area contributed by atoms with Gasteiger partial charge in [-0.25, -0.2) is 4.99 Å². The van der Waals surface area contributed by atoms with Crippen LogP contribution in [0.25, 0.3) is 11.8 Å². The summed E-state index contributed by atoms with van der Waals surface area (Å²) in [5.41, 5.74) is 6.50. The Bertz CT molecular complexity index is 1720. The smallest absolute Gasteiger partial charge is 0.271 e. The van der Waals surface area contributed by atoms with E-state index >= 15 is 0 Å². The minimum absolute atomic E-state index is 0.0362. The fourth-order valence-corrected chi connectivity index (χ4v) is 6.88. The number of hydrogen-bond acceptors (Lipinski definition) is 5. The van der Waals surface area contributed by atoms with Gasteiger partial charge in [0.15, 0.2) is 4.80 Å². The predicted molar refractivity (Wildman–Crippen MR) is 151 cm³/mol. The molecule has 0 spiro atoms. The molecule has 3 aromatic carbocycles.